The lowest BCUT2D eigenvalue weighted by Crippen LogP contribution is -2.30. The average molecular weight is 305 g/mol. The third-order valence-electron chi connectivity index (χ3n) is 3.62. The Morgan fingerprint density at radius 3 is 2.67 bits per heavy atom. The molecule has 110 valence electrons. The van der Waals surface area contributed by atoms with Crippen molar-refractivity contribution in [3.8, 4) is 11.4 Å². The summed E-state index contributed by atoms with van der Waals surface area (Å²) < 4.78 is 0. The van der Waals surface area contributed by atoms with Crippen LogP contribution in [0, 0.1) is 0 Å². The van der Waals surface area contributed by atoms with Gasteiger partial charge in [-0.15, -0.1) is 0 Å². The van der Waals surface area contributed by atoms with Gasteiger partial charge in [-0.1, -0.05) is 30.3 Å². The molecule has 21 heavy (non-hydrogen) atoms. The van der Waals surface area contributed by atoms with Crippen molar-refractivity contribution in [3.05, 3.63) is 35.6 Å². The first-order chi connectivity index (χ1) is 10.2. The second-order valence-corrected chi connectivity index (χ2v) is 5.62. The number of aliphatic hydroxyl groups is 1. The minimum atomic E-state index is -0.248. The highest BCUT2D eigenvalue weighted by Gasteiger charge is 2.21. The minimum Gasteiger partial charge on any atom is -0.393 e. The number of rotatable bonds is 3. The molecule has 1 aromatic carbocycles. The van der Waals surface area contributed by atoms with E-state index in [0.29, 0.717) is 18.2 Å². The molecule has 6 heteroatoms. The monoisotopic (exact) mass is 304 g/mol. The van der Waals surface area contributed by atoms with E-state index in [9.17, 15) is 5.11 Å². The van der Waals surface area contributed by atoms with Crippen molar-refractivity contribution in [2.24, 2.45) is 0 Å². The van der Waals surface area contributed by atoms with Crippen LogP contribution < -0.4 is 5.32 Å². The Bertz CT molecular complexity index is 608. The van der Waals surface area contributed by atoms with Crippen molar-refractivity contribution in [1.29, 1.82) is 0 Å². The molecule has 0 bridgehead atoms. The van der Waals surface area contributed by atoms with E-state index in [2.05, 4.69) is 20.3 Å². The van der Waals surface area contributed by atoms with E-state index in [1.807, 2.05) is 30.3 Å². The molecule has 1 aliphatic carbocycles. The van der Waals surface area contributed by atoms with Gasteiger partial charge >= 0.3 is 0 Å². The van der Waals surface area contributed by atoms with E-state index in [-0.39, 0.29) is 17.4 Å². The SMILES string of the molecule is OC1CCCC(Nc2nc(Cl)nc(-c3ccccc3)n2)C1. The lowest BCUT2D eigenvalue weighted by Gasteiger charge is -2.26. The van der Waals surface area contributed by atoms with E-state index in [0.717, 1.165) is 24.8 Å². The largest absolute Gasteiger partial charge is 0.393 e. The second-order valence-electron chi connectivity index (χ2n) is 5.28. The lowest BCUT2D eigenvalue weighted by atomic mass is 9.93. The molecule has 0 amide bonds. The van der Waals surface area contributed by atoms with Crippen molar-refractivity contribution in [2.75, 3.05) is 5.32 Å². The van der Waals surface area contributed by atoms with Crippen LogP contribution in [0.4, 0.5) is 5.95 Å². The van der Waals surface area contributed by atoms with Crippen molar-refractivity contribution in [1.82, 2.24) is 15.0 Å². The molecule has 1 aromatic heterocycles. The predicted molar refractivity (Wildman–Crippen MR) is 82.2 cm³/mol. The van der Waals surface area contributed by atoms with Gasteiger partial charge in [-0.3, -0.25) is 0 Å². The number of halogens is 1. The Labute approximate surface area is 128 Å². The maximum Gasteiger partial charge on any atom is 0.227 e. The van der Waals surface area contributed by atoms with Crippen LogP contribution in [0.1, 0.15) is 25.7 Å². The van der Waals surface area contributed by atoms with Gasteiger partial charge < -0.3 is 10.4 Å². The summed E-state index contributed by atoms with van der Waals surface area (Å²) in [5.74, 6) is 1.02. The summed E-state index contributed by atoms with van der Waals surface area (Å²) in [5, 5.41) is 13.2. The molecule has 5 nitrogen and oxygen atoms in total. The van der Waals surface area contributed by atoms with Crippen molar-refractivity contribution >= 4 is 17.5 Å². The van der Waals surface area contributed by atoms with Gasteiger partial charge in [0, 0.05) is 11.6 Å². The van der Waals surface area contributed by atoms with Crippen molar-refractivity contribution in [3.63, 3.8) is 0 Å². The van der Waals surface area contributed by atoms with Crippen LogP contribution in [0.5, 0.6) is 0 Å². The van der Waals surface area contributed by atoms with Gasteiger partial charge in [-0.25, -0.2) is 0 Å². The molecule has 0 saturated heterocycles. The highest BCUT2D eigenvalue weighted by atomic mass is 35.5. The van der Waals surface area contributed by atoms with Gasteiger partial charge in [0.2, 0.25) is 11.2 Å². The number of hydrogen-bond acceptors (Lipinski definition) is 5. The van der Waals surface area contributed by atoms with Crippen molar-refractivity contribution < 1.29 is 5.11 Å². The molecular formula is C15H17ClN4O. The van der Waals surface area contributed by atoms with Gasteiger partial charge in [0.15, 0.2) is 5.82 Å². The van der Waals surface area contributed by atoms with Crippen LogP contribution in [0.2, 0.25) is 5.28 Å². The van der Waals surface area contributed by atoms with Gasteiger partial charge in [0.25, 0.3) is 0 Å². The van der Waals surface area contributed by atoms with E-state index in [1.54, 1.807) is 0 Å². The van der Waals surface area contributed by atoms with Crippen LogP contribution in [-0.2, 0) is 0 Å². The summed E-state index contributed by atoms with van der Waals surface area (Å²) in [6.07, 6.45) is 3.33. The van der Waals surface area contributed by atoms with Gasteiger partial charge in [-0.05, 0) is 37.3 Å². The zero-order valence-electron chi connectivity index (χ0n) is 11.5. The Kier molecular flexibility index (Phi) is 4.31. The zero-order chi connectivity index (χ0) is 14.7. The van der Waals surface area contributed by atoms with Crippen LogP contribution in [0.25, 0.3) is 11.4 Å². The fourth-order valence-electron chi connectivity index (χ4n) is 2.61. The highest BCUT2D eigenvalue weighted by Crippen LogP contribution is 2.22. The molecule has 2 aromatic rings. The fraction of sp³-hybridized carbons (Fsp3) is 0.400. The number of hydrogen-bond donors (Lipinski definition) is 2. The first kappa shape index (κ1) is 14.2. The van der Waals surface area contributed by atoms with E-state index in [1.165, 1.54) is 0 Å². The molecule has 0 radical (unpaired) electrons. The summed E-state index contributed by atoms with van der Waals surface area (Å²) >= 11 is 5.99. The van der Waals surface area contributed by atoms with E-state index < -0.39 is 0 Å². The van der Waals surface area contributed by atoms with E-state index >= 15 is 0 Å². The normalized spacial score (nSPS) is 22.0. The number of aliphatic hydroxyl groups excluding tert-OH is 1. The zero-order valence-corrected chi connectivity index (χ0v) is 12.3. The van der Waals surface area contributed by atoms with Gasteiger partial charge in [-0.2, -0.15) is 15.0 Å². The smallest absolute Gasteiger partial charge is 0.227 e. The lowest BCUT2D eigenvalue weighted by molar-refractivity contribution is 0.124. The maximum absolute atomic E-state index is 9.73. The third-order valence-corrected chi connectivity index (χ3v) is 3.79. The first-order valence-corrected chi connectivity index (χ1v) is 7.50. The Morgan fingerprint density at radius 2 is 1.90 bits per heavy atom. The Hall–Kier alpha value is -1.72. The summed E-state index contributed by atoms with van der Waals surface area (Å²) in [7, 11) is 0. The number of anilines is 1. The number of nitrogens with one attached hydrogen (secondary N) is 1. The van der Waals surface area contributed by atoms with Crippen LogP contribution in [-0.4, -0.2) is 32.2 Å². The number of aromatic nitrogens is 3. The molecular weight excluding hydrogens is 288 g/mol. The highest BCUT2D eigenvalue weighted by molar-refractivity contribution is 6.28. The average Bonchev–Trinajstić information content (AvgIpc) is 2.47. The Morgan fingerprint density at radius 1 is 1.10 bits per heavy atom. The molecule has 0 aliphatic heterocycles. The van der Waals surface area contributed by atoms with Crippen molar-refractivity contribution in [2.45, 2.75) is 37.8 Å². The second kappa shape index (κ2) is 6.37. The predicted octanol–water partition coefficient (Wildman–Crippen LogP) is 2.91. The van der Waals surface area contributed by atoms with Gasteiger partial charge in [0.05, 0.1) is 6.10 Å². The Balaban J connectivity index is 1.81. The molecule has 2 unspecified atom stereocenters. The number of nitrogens with zero attached hydrogens (tertiary/aromatic N) is 3. The fourth-order valence-corrected chi connectivity index (χ4v) is 2.77. The van der Waals surface area contributed by atoms with Gasteiger partial charge in [0.1, 0.15) is 0 Å². The molecule has 1 aliphatic rings. The molecule has 1 heterocycles. The summed E-state index contributed by atoms with van der Waals surface area (Å²) in [6.45, 7) is 0. The molecule has 1 fully saturated rings. The molecule has 0 spiro atoms. The topological polar surface area (TPSA) is 70.9 Å². The van der Waals surface area contributed by atoms with E-state index in [4.69, 9.17) is 11.6 Å². The van der Waals surface area contributed by atoms with Crippen LogP contribution >= 0.6 is 11.6 Å². The maximum atomic E-state index is 9.73. The van der Waals surface area contributed by atoms with Crippen LogP contribution in [0.15, 0.2) is 30.3 Å². The summed E-state index contributed by atoms with van der Waals surface area (Å²) in [5.41, 5.74) is 0.897. The molecule has 2 N–H and O–H groups in total. The third kappa shape index (κ3) is 3.68. The summed E-state index contributed by atoms with van der Waals surface area (Å²) in [6, 6.07) is 9.83. The number of benzene rings is 1. The van der Waals surface area contributed by atoms with Crippen LogP contribution in [0.3, 0.4) is 0 Å². The standard InChI is InChI=1S/C15H17ClN4O/c16-14-18-13(10-5-2-1-3-6-10)19-15(20-14)17-11-7-4-8-12(21)9-11/h1-3,5-6,11-12,21H,4,7-9H2,(H,17,18,19,20). The quantitative estimate of drug-likeness (QED) is 0.912. The molecule has 2 atom stereocenters. The molecule has 1 saturated carbocycles. The molecule has 3 rings (SSSR count). The summed E-state index contributed by atoms with van der Waals surface area (Å²) in [4.78, 5) is 12.7. The minimum absolute atomic E-state index is 0.169. The first-order valence-electron chi connectivity index (χ1n) is 7.12.